The van der Waals surface area contributed by atoms with Gasteiger partial charge in [-0.3, -0.25) is 9.36 Å². The number of aromatic nitrogens is 3. The molecular formula is C25H30N4O3S2. The van der Waals surface area contributed by atoms with Gasteiger partial charge in [0.25, 0.3) is 0 Å². The topological polar surface area (TPSA) is 85.2 Å². The Labute approximate surface area is 205 Å². The zero-order chi connectivity index (χ0) is 24.1. The van der Waals surface area contributed by atoms with Crippen molar-refractivity contribution in [2.45, 2.75) is 44.3 Å². The molecule has 0 radical (unpaired) electrons. The van der Waals surface area contributed by atoms with Crippen LogP contribution >= 0.6 is 11.8 Å². The monoisotopic (exact) mass is 498 g/mol. The maximum Gasteiger partial charge on any atom is 0.233 e. The molecule has 180 valence electrons. The standard InChI is InChI=1S/C25H30N4O3S2/c1-3-4-15-28(22-14-16-34(31,32)18-22)23(30)17-33-25-27-26-24(20-8-6-5-7-9-20)29(25)21-12-10-19(2)11-13-21/h5-13,22H,3-4,14-18H2,1-2H3/t22-/m0/s1. The van der Waals surface area contributed by atoms with E-state index < -0.39 is 9.84 Å². The van der Waals surface area contributed by atoms with E-state index in [1.54, 1.807) is 4.90 Å². The van der Waals surface area contributed by atoms with Gasteiger partial charge in [-0.15, -0.1) is 10.2 Å². The number of sulfone groups is 1. The molecule has 3 aromatic rings. The Morgan fingerprint density at radius 1 is 1.12 bits per heavy atom. The Morgan fingerprint density at radius 3 is 2.50 bits per heavy atom. The van der Waals surface area contributed by atoms with E-state index in [1.807, 2.05) is 66.1 Å². The van der Waals surface area contributed by atoms with E-state index in [0.29, 0.717) is 23.9 Å². The van der Waals surface area contributed by atoms with Gasteiger partial charge < -0.3 is 4.90 Å². The van der Waals surface area contributed by atoms with Gasteiger partial charge in [0.15, 0.2) is 20.8 Å². The Bertz CT molecular complexity index is 1220. The second-order valence-electron chi connectivity index (χ2n) is 8.63. The first-order valence-corrected chi connectivity index (χ1v) is 14.4. The molecule has 1 atom stereocenters. The van der Waals surface area contributed by atoms with Crippen LogP contribution in [0, 0.1) is 6.92 Å². The van der Waals surface area contributed by atoms with Crippen molar-refractivity contribution in [2.24, 2.45) is 0 Å². The maximum absolute atomic E-state index is 13.2. The number of nitrogens with zero attached hydrogens (tertiary/aromatic N) is 4. The first kappa shape index (κ1) is 24.5. The summed E-state index contributed by atoms with van der Waals surface area (Å²) in [6.45, 7) is 4.68. The predicted octanol–water partition coefficient (Wildman–Crippen LogP) is 4.15. The molecule has 0 N–H and O–H groups in total. The van der Waals surface area contributed by atoms with Crippen molar-refractivity contribution in [3.63, 3.8) is 0 Å². The number of thioether (sulfide) groups is 1. The lowest BCUT2D eigenvalue weighted by Gasteiger charge is -2.28. The highest BCUT2D eigenvalue weighted by Gasteiger charge is 2.34. The molecule has 0 saturated carbocycles. The number of amides is 1. The van der Waals surface area contributed by atoms with Gasteiger partial charge in [-0.25, -0.2) is 8.42 Å². The van der Waals surface area contributed by atoms with Crippen LogP contribution in [0.2, 0.25) is 0 Å². The lowest BCUT2D eigenvalue weighted by atomic mass is 10.2. The summed E-state index contributed by atoms with van der Waals surface area (Å²) < 4.78 is 26.0. The molecule has 2 aromatic carbocycles. The molecule has 1 aliphatic heterocycles. The van der Waals surface area contributed by atoms with Gasteiger partial charge in [-0.05, 0) is 31.9 Å². The molecule has 1 aromatic heterocycles. The van der Waals surface area contributed by atoms with Gasteiger partial charge in [-0.1, -0.05) is 73.1 Å². The average Bonchev–Trinajstić information content (AvgIpc) is 3.42. The molecule has 34 heavy (non-hydrogen) atoms. The van der Waals surface area contributed by atoms with Crippen molar-refractivity contribution in [3.05, 3.63) is 60.2 Å². The van der Waals surface area contributed by atoms with Crippen LogP contribution in [0.3, 0.4) is 0 Å². The maximum atomic E-state index is 13.2. The third-order valence-corrected chi connectivity index (χ3v) is 8.67. The van der Waals surface area contributed by atoms with Crippen molar-refractivity contribution in [1.29, 1.82) is 0 Å². The van der Waals surface area contributed by atoms with Gasteiger partial charge in [0.2, 0.25) is 5.91 Å². The first-order valence-electron chi connectivity index (χ1n) is 11.6. The van der Waals surface area contributed by atoms with E-state index in [0.717, 1.165) is 29.7 Å². The number of carbonyl (C=O) groups excluding carboxylic acids is 1. The van der Waals surface area contributed by atoms with Crippen molar-refractivity contribution < 1.29 is 13.2 Å². The Kier molecular flexibility index (Phi) is 7.73. The summed E-state index contributed by atoms with van der Waals surface area (Å²) in [6, 6.07) is 17.7. The van der Waals surface area contributed by atoms with Crippen LogP contribution in [0.15, 0.2) is 59.8 Å². The number of rotatable bonds is 9. The summed E-state index contributed by atoms with van der Waals surface area (Å²) >= 11 is 1.34. The van der Waals surface area contributed by atoms with Crippen LogP contribution in [0.5, 0.6) is 0 Å². The Balaban J connectivity index is 1.58. The van der Waals surface area contributed by atoms with Crippen LogP contribution in [-0.4, -0.2) is 63.8 Å². The molecule has 1 aliphatic rings. The minimum Gasteiger partial charge on any atom is -0.338 e. The van der Waals surface area contributed by atoms with Crippen LogP contribution in [0.1, 0.15) is 31.7 Å². The molecule has 0 unspecified atom stereocenters. The van der Waals surface area contributed by atoms with Crippen molar-refractivity contribution in [1.82, 2.24) is 19.7 Å². The normalized spacial score (nSPS) is 17.1. The molecule has 0 bridgehead atoms. The molecule has 0 aliphatic carbocycles. The Hall–Kier alpha value is -2.65. The highest BCUT2D eigenvalue weighted by Crippen LogP contribution is 2.29. The minimum atomic E-state index is -3.07. The van der Waals surface area contributed by atoms with Gasteiger partial charge in [0.1, 0.15) is 0 Å². The molecule has 2 heterocycles. The molecule has 0 spiro atoms. The number of hydrogen-bond acceptors (Lipinski definition) is 6. The van der Waals surface area contributed by atoms with Crippen molar-refractivity contribution in [2.75, 3.05) is 23.8 Å². The van der Waals surface area contributed by atoms with Crippen molar-refractivity contribution in [3.8, 4) is 17.1 Å². The van der Waals surface area contributed by atoms with E-state index in [9.17, 15) is 13.2 Å². The summed E-state index contributed by atoms with van der Waals surface area (Å²) in [6.07, 6.45) is 2.31. The first-order chi connectivity index (χ1) is 16.4. The lowest BCUT2D eigenvalue weighted by Crippen LogP contribution is -2.42. The van der Waals surface area contributed by atoms with Gasteiger partial charge in [0.05, 0.1) is 17.3 Å². The van der Waals surface area contributed by atoms with E-state index >= 15 is 0 Å². The number of hydrogen-bond donors (Lipinski definition) is 0. The lowest BCUT2D eigenvalue weighted by molar-refractivity contribution is -0.130. The number of benzene rings is 2. The van der Waals surface area contributed by atoms with Crippen molar-refractivity contribution >= 4 is 27.5 Å². The predicted molar refractivity (Wildman–Crippen MR) is 136 cm³/mol. The van der Waals surface area contributed by atoms with Crippen LogP contribution in [0.4, 0.5) is 0 Å². The van der Waals surface area contributed by atoms with Gasteiger partial charge >= 0.3 is 0 Å². The SMILES string of the molecule is CCCCN(C(=O)CSc1nnc(-c2ccccc2)n1-c1ccc(C)cc1)[C@H]1CCS(=O)(=O)C1. The number of aryl methyl sites for hydroxylation is 1. The van der Waals surface area contributed by atoms with Crippen LogP contribution in [-0.2, 0) is 14.6 Å². The van der Waals surface area contributed by atoms with Crippen LogP contribution in [0.25, 0.3) is 17.1 Å². The summed E-state index contributed by atoms with van der Waals surface area (Å²) in [5, 5.41) is 9.49. The van der Waals surface area contributed by atoms with E-state index in [4.69, 9.17) is 0 Å². The smallest absolute Gasteiger partial charge is 0.233 e. The molecule has 1 fully saturated rings. The van der Waals surface area contributed by atoms with E-state index in [1.165, 1.54) is 11.8 Å². The summed E-state index contributed by atoms with van der Waals surface area (Å²) in [5.74, 6) is 1.05. The van der Waals surface area contributed by atoms with Gasteiger partial charge in [-0.2, -0.15) is 0 Å². The molecular weight excluding hydrogens is 468 g/mol. The quantitative estimate of drug-likeness (QED) is 0.412. The summed E-state index contributed by atoms with van der Waals surface area (Å²) in [4.78, 5) is 15.0. The second kappa shape index (κ2) is 10.7. The zero-order valence-corrected chi connectivity index (χ0v) is 21.2. The molecule has 4 rings (SSSR count). The van der Waals surface area contributed by atoms with Gasteiger partial charge in [0, 0.05) is 23.8 Å². The zero-order valence-electron chi connectivity index (χ0n) is 19.6. The number of unbranched alkanes of at least 4 members (excludes halogenated alkanes) is 1. The number of carbonyl (C=O) groups is 1. The van der Waals surface area contributed by atoms with Crippen LogP contribution < -0.4 is 0 Å². The third kappa shape index (κ3) is 5.70. The third-order valence-electron chi connectivity index (χ3n) is 6.00. The average molecular weight is 499 g/mol. The molecule has 7 nitrogen and oxygen atoms in total. The summed E-state index contributed by atoms with van der Waals surface area (Å²) in [5.41, 5.74) is 3.02. The Morgan fingerprint density at radius 2 is 1.85 bits per heavy atom. The fourth-order valence-electron chi connectivity index (χ4n) is 4.13. The highest BCUT2D eigenvalue weighted by atomic mass is 32.2. The fourth-order valence-corrected chi connectivity index (χ4v) is 6.70. The highest BCUT2D eigenvalue weighted by molar-refractivity contribution is 7.99. The fraction of sp³-hybridized carbons (Fsp3) is 0.400. The largest absolute Gasteiger partial charge is 0.338 e. The second-order valence-corrected chi connectivity index (χ2v) is 11.8. The molecule has 1 amide bonds. The summed E-state index contributed by atoms with van der Waals surface area (Å²) in [7, 11) is -3.07. The van der Waals surface area contributed by atoms with E-state index in [2.05, 4.69) is 17.1 Å². The van der Waals surface area contributed by atoms with E-state index in [-0.39, 0.29) is 29.2 Å². The molecule has 1 saturated heterocycles. The minimum absolute atomic E-state index is 0.0553. The molecule has 9 heteroatoms.